The van der Waals surface area contributed by atoms with Crippen molar-refractivity contribution in [3.8, 4) is 11.5 Å². The molecule has 0 saturated carbocycles. The standard InChI is InChI=1S/C13H14FN3O/c1-8-7-9(4-5-10(8)14)13-16-12(17-18-13)11-3-2-6-15-11/h4-5,7,11,15H,2-3,6H2,1H3. The predicted molar refractivity (Wildman–Crippen MR) is 64.4 cm³/mol. The average molecular weight is 247 g/mol. The number of nitrogens with zero attached hydrogens (tertiary/aromatic N) is 2. The number of benzene rings is 1. The predicted octanol–water partition coefficient (Wildman–Crippen LogP) is 2.61. The summed E-state index contributed by atoms with van der Waals surface area (Å²) in [4.78, 5) is 4.37. The molecular formula is C13H14FN3O. The van der Waals surface area contributed by atoms with Crippen molar-refractivity contribution in [1.29, 1.82) is 0 Å². The minimum atomic E-state index is -0.226. The van der Waals surface area contributed by atoms with Crippen LogP contribution in [0.5, 0.6) is 0 Å². The minimum absolute atomic E-state index is 0.184. The third-order valence-corrected chi connectivity index (χ3v) is 3.22. The van der Waals surface area contributed by atoms with Gasteiger partial charge in [0.1, 0.15) is 5.82 Å². The Morgan fingerprint density at radius 2 is 2.33 bits per heavy atom. The van der Waals surface area contributed by atoms with Crippen LogP contribution in [0.1, 0.15) is 30.3 Å². The number of hydrogen-bond donors (Lipinski definition) is 1. The SMILES string of the molecule is Cc1cc(-c2nc(C3CCCN3)no2)ccc1F. The Morgan fingerprint density at radius 1 is 1.44 bits per heavy atom. The van der Waals surface area contributed by atoms with Gasteiger partial charge in [0.05, 0.1) is 6.04 Å². The Bertz CT molecular complexity index is 561. The van der Waals surface area contributed by atoms with E-state index in [4.69, 9.17) is 4.52 Å². The third-order valence-electron chi connectivity index (χ3n) is 3.22. The number of aromatic nitrogens is 2. The molecule has 3 rings (SSSR count). The van der Waals surface area contributed by atoms with Crippen LogP contribution >= 0.6 is 0 Å². The van der Waals surface area contributed by atoms with Crippen molar-refractivity contribution in [2.24, 2.45) is 0 Å². The van der Waals surface area contributed by atoms with Gasteiger partial charge in [-0.05, 0) is 50.1 Å². The van der Waals surface area contributed by atoms with E-state index in [-0.39, 0.29) is 11.9 Å². The van der Waals surface area contributed by atoms with Crippen molar-refractivity contribution >= 4 is 0 Å². The maximum atomic E-state index is 13.2. The molecule has 0 aliphatic carbocycles. The highest BCUT2D eigenvalue weighted by molar-refractivity contribution is 5.54. The van der Waals surface area contributed by atoms with Crippen LogP contribution in [-0.2, 0) is 0 Å². The lowest BCUT2D eigenvalue weighted by Crippen LogP contribution is -2.14. The molecule has 1 unspecified atom stereocenters. The summed E-state index contributed by atoms with van der Waals surface area (Å²) in [5.41, 5.74) is 1.33. The van der Waals surface area contributed by atoms with Gasteiger partial charge >= 0.3 is 0 Å². The molecule has 1 aromatic carbocycles. The zero-order valence-corrected chi connectivity index (χ0v) is 10.1. The van der Waals surface area contributed by atoms with E-state index < -0.39 is 0 Å². The zero-order chi connectivity index (χ0) is 12.5. The van der Waals surface area contributed by atoms with Crippen LogP contribution in [0.2, 0.25) is 0 Å². The Kier molecular flexibility index (Phi) is 2.83. The first kappa shape index (κ1) is 11.3. The van der Waals surface area contributed by atoms with E-state index in [1.807, 2.05) is 0 Å². The van der Waals surface area contributed by atoms with Crippen molar-refractivity contribution < 1.29 is 8.91 Å². The lowest BCUT2D eigenvalue weighted by molar-refractivity contribution is 0.412. The molecule has 1 saturated heterocycles. The maximum Gasteiger partial charge on any atom is 0.257 e. The normalized spacial score (nSPS) is 19.3. The molecule has 1 atom stereocenters. The van der Waals surface area contributed by atoms with Gasteiger partial charge in [0.25, 0.3) is 5.89 Å². The second kappa shape index (κ2) is 4.49. The summed E-state index contributed by atoms with van der Waals surface area (Å²) in [5, 5.41) is 7.30. The van der Waals surface area contributed by atoms with Gasteiger partial charge in [0.15, 0.2) is 5.82 Å². The first-order valence-electron chi connectivity index (χ1n) is 6.07. The van der Waals surface area contributed by atoms with Crippen LogP contribution in [0, 0.1) is 12.7 Å². The number of halogens is 1. The molecule has 2 heterocycles. The summed E-state index contributed by atoms with van der Waals surface area (Å²) >= 11 is 0. The molecule has 1 aliphatic rings. The van der Waals surface area contributed by atoms with Crippen LogP contribution in [0.25, 0.3) is 11.5 Å². The largest absolute Gasteiger partial charge is 0.334 e. The number of rotatable bonds is 2. The summed E-state index contributed by atoms with van der Waals surface area (Å²) in [7, 11) is 0. The van der Waals surface area contributed by atoms with Crippen LogP contribution in [0.3, 0.4) is 0 Å². The van der Waals surface area contributed by atoms with E-state index >= 15 is 0 Å². The highest BCUT2D eigenvalue weighted by atomic mass is 19.1. The van der Waals surface area contributed by atoms with Crippen molar-refractivity contribution in [3.05, 3.63) is 35.4 Å². The Hall–Kier alpha value is -1.75. The van der Waals surface area contributed by atoms with Crippen LogP contribution < -0.4 is 5.32 Å². The number of nitrogens with one attached hydrogen (secondary N) is 1. The summed E-state index contributed by atoms with van der Waals surface area (Å²) in [6.45, 7) is 2.71. The van der Waals surface area contributed by atoms with Crippen molar-refractivity contribution in [2.45, 2.75) is 25.8 Å². The molecular weight excluding hydrogens is 233 g/mol. The molecule has 5 heteroatoms. The summed E-state index contributed by atoms with van der Waals surface area (Å²) in [6.07, 6.45) is 2.16. The lowest BCUT2D eigenvalue weighted by atomic mass is 10.1. The van der Waals surface area contributed by atoms with Gasteiger partial charge in [0.2, 0.25) is 0 Å². The second-order valence-electron chi connectivity index (χ2n) is 4.57. The van der Waals surface area contributed by atoms with Crippen molar-refractivity contribution in [1.82, 2.24) is 15.5 Å². The topological polar surface area (TPSA) is 51.0 Å². The molecule has 0 amide bonds. The summed E-state index contributed by atoms with van der Waals surface area (Å²) < 4.78 is 18.4. The van der Waals surface area contributed by atoms with E-state index in [1.54, 1.807) is 19.1 Å². The monoisotopic (exact) mass is 247 g/mol. The van der Waals surface area contributed by atoms with Crippen LogP contribution in [0.4, 0.5) is 4.39 Å². The average Bonchev–Trinajstić information content (AvgIpc) is 3.01. The highest BCUT2D eigenvalue weighted by Crippen LogP contribution is 2.24. The van der Waals surface area contributed by atoms with Gasteiger partial charge in [-0.3, -0.25) is 0 Å². The molecule has 0 bridgehead atoms. The quantitative estimate of drug-likeness (QED) is 0.886. The van der Waals surface area contributed by atoms with Gasteiger partial charge in [0, 0.05) is 5.56 Å². The fraction of sp³-hybridized carbons (Fsp3) is 0.385. The molecule has 94 valence electrons. The first-order chi connectivity index (χ1) is 8.74. The molecule has 0 spiro atoms. The Labute approximate surface area is 104 Å². The lowest BCUT2D eigenvalue weighted by Gasteiger charge is -2.01. The van der Waals surface area contributed by atoms with Crippen LogP contribution in [0.15, 0.2) is 22.7 Å². The molecule has 1 aliphatic heterocycles. The molecule has 1 aromatic heterocycles. The van der Waals surface area contributed by atoms with Crippen molar-refractivity contribution in [3.63, 3.8) is 0 Å². The Morgan fingerprint density at radius 3 is 3.06 bits per heavy atom. The minimum Gasteiger partial charge on any atom is -0.334 e. The summed E-state index contributed by atoms with van der Waals surface area (Å²) in [6, 6.07) is 4.97. The molecule has 1 fully saturated rings. The fourth-order valence-electron chi connectivity index (χ4n) is 2.18. The first-order valence-corrected chi connectivity index (χ1v) is 6.07. The van der Waals surface area contributed by atoms with E-state index in [9.17, 15) is 4.39 Å². The smallest absolute Gasteiger partial charge is 0.257 e. The number of aryl methyl sites for hydroxylation is 1. The molecule has 2 aromatic rings. The van der Waals surface area contributed by atoms with Crippen LogP contribution in [-0.4, -0.2) is 16.7 Å². The van der Waals surface area contributed by atoms with Gasteiger partial charge in [-0.2, -0.15) is 4.98 Å². The summed E-state index contributed by atoms with van der Waals surface area (Å²) in [5.74, 6) is 0.905. The fourth-order valence-corrected chi connectivity index (χ4v) is 2.18. The van der Waals surface area contributed by atoms with E-state index in [0.717, 1.165) is 24.9 Å². The second-order valence-corrected chi connectivity index (χ2v) is 4.57. The molecule has 4 nitrogen and oxygen atoms in total. The van der Waals surface area contributed by atoms with Gasteiger partial charge in [-0.15, -0.1) is 0 Å². The maximum absolute atomic E-state index is 13.2. The molecule has 0 radical (unpaired) electrons. The third kappa shape index (κ3) is 2.01. The molecule has 1 N–H and O–H groups in total. The van der Waals surface area contributed by atoms with E-state index in [1.165, 1.54) is 6.07 Å². The van der Waals surface area contributed by atoms with Gasteiger partial charge < -0.3 is 9.84 Å². The zero-order valence-electron chi connectivity index (χ0n) is 10.1. The number of hydrogen-bond acceptors (Lipinski definition) is 4. The van der Waals surface area contributed by atoms with E-state index in [0.29, 0.717) is 17.3 Å². The Balaban J connectivity index is 1.89. The van der Waals surface area contributed by atoms with E-state index in [2.05, 4.69) is 15.5 Å². The van der Waals surface area contributed by atoms with Gasteiger partial charge in [-0.1, -0.05) is 5.16 Å². The van der Waals surface area contributed by atoms with Crippen molar-refractivity contribution in [2.75, 3.05) is 6.54 Å². The molecule has 18 heavy (non-hydrogen) atoms. The van der Waals surface area contributed by atoms with Gasteiger partial charge in [-0.25, -0.2) is 4.39 Å². The highest BCUT2D eigenvalue weighted by Gasteiger charge is 2.22.